The number of nitrogens with one attached hydrogen (secondary N) is 1. The molecule has 25 heavy (non-hydrogen) atoms. The van der Waals surface area contributed by atoms with Crippen molar-refractivity contribution in [1.82, 2.24) is 5.32 Å². The first-order chi connectivity index (χ1) is 12.0. The Morgan fingerprint density at radius 1 is 1.04 bits per heavy atom. The Morgan fingerprint density at radius 2 is 1.64 bits per heavy atom. The number of carbonyl (C=O) groups is 2. The summed E-state index contributed by atoms with van der Waals surface area (Å²) in [4.78, 5) is 23.7. The minimum absolute atomic E-state index is 0.206. The predicted molar refractivity (Wildman–Crippen MR) is 92.8 cm³/mol. The SMILES string of the molecule is COc1ccc(OC(C)C(=O)N[C@H](Cc2ccccc2)C(=O)O)cc1. The van der Waals surface area contributed by atoms with E-state index in [1.54, 1.807) is 38.3 Å². The van der Waals surface area contributed by atoms with Gasteiger partial charge < -0.3 is 19.9 Å². The highest BCUT2D eigenvalue weighted by atomic mass is 16.5. The number of benzene rings is 2. The van der Waals surface area contributed by atoms with Gasteiger partial charge in [-0.25, -0.2) is 4.79 Å². The molecule has 1 unspecified atom stereocenters. The number of rotatable bonds is 8. The number of carboxylic acids is 1. The van der Waals surface area contributed by atoms with Crippen molar-refractivity contribution in [3.63, 3.8) is 0 Å². The van der Waals surface area contributed by atoms with Gasteiger partial charge in [0.1, 0.15) is 17.5 Å². The van der Waals surface area contributed by atoms with E-state index in [2.05, 4.69) is 5.32 Å². The summed E-state index contributed by atoms with van der Waals surface area (Å²) in [6.07, 6.45) is -0.622. The first kappa shape index (κ1) is 18.3. The molecule has 2 rings (SSSR count). The zero-order valence-corrected chi connectivity index (χ0v) is 14.1. The number of aliphatic carboxylic acids is 1. The molecule has 2 atom stereocenters. The van der Waals surface area contributed by atoms with Crippen molar-refractivity contribution in [3.8, 4) is 11.5 Å². The molecule has 0 heterocycles. The third-order valence-electron chi connectivity index (χ3n) is 3.64. The molecule has 1 amide bonds. The minimum Gasteiger partial charge on any atom is -0.497 e. The van der Waals surface area contributed by atoms with Crippen LogP contribution >= 0.6 is 0 Å². The maximum absolute atomic E-state index is 12.3. The zero-order valence-electron chi connectivity index (χ0n) is 14.1. The van der Waals surface area contributed by atoms with Gasteiger partial charge in [-0.05, 0) is 36.8 Å². The number of ether oxygens (including phenoxy) is 2. The number of amides is 1. The van der Waals surface area contributed by atoms with E-state index in [0.29, 0.717) is 11.5 Å². The highest BCUT2D eigenvalue weighted by molar-refractivity contribution is 5.86. The van der Waals surface area contributed by atoms with Gasteiger partial charge in [-0.1, -0.05) is 30.3 Å². The smallest absolute Gasteiger partial charge is 0.326 e. The van der Waals surface area contributed by atoms with Crippen LogP contribution in [0.4, 0.5) is 0 Å². The lowest BCUT2D eigenvalue weighted by Crippen LogP contribution is -2.47. The summed E-state index contributed by atoms with van der Waals surface area (Å²) in [7, 11) is 1.56. The Hall–Kier alpha value is -3.02. The van der Waals surface area contributed by atoms with E-state index in [0.717, 1.165) is 5.56 Å². The molecule has 2 N–H and O–H groups in total. The van der Waals surface area contributed by atoms with Gasteiger partial charge in [0.05, 0.1) is 7.11 Å². The number of hydrogen-bond donors (Lipinski definition) is 2. The number of carbonyl (C=O) groups excluding carboxylic acids is 1. The van der Waals surface area contributed by atoms with Crippen LogP contribution in [-0.2, 0) is 16.0 Å². The number of methoxy groups -OCH3 is 1. The fourth-order valence-corrected chi connectivity index (χ4v) is 2.25. The lowest BCUT2D eigenvalue weighted by atomic mass is 10.1. The Labute approximate surface area is 146 Å². The molecular formula is C19H21NO5. The summed E-state index contributed by atoms with van der Waals surface area (Å²) in [5.74, 6) is -0.398. The second-order valence-electron chi connectivity index (χ2n) is 5.52. The first-order valence-electron chi connectivity index (χ1n) is 7.87. The first-order valence-corrected chi connectivity index (χ1v) is 7.87. The topological polar surface area (TPSA) is 84.9 Å². The van der Waals surface area contributed by atoms with Crippen LogP contribution in [0.3, 0.4) is 0 Å². The molecule has 0 radical (unpaired) electrons. The second kappa shape index (κ2) is 8.73. The predicted octanol–water partition coefficient (Wildman–Crippen LogP) is 2.27. The van der Waals surface area contributed by atoms with Crippen LogP contribution in [0.1, 0.15) is 12.5 Å². The van der Waals surface area contributed by atoms with E-state index < -0.39 is 24.0 Å². The average molecular weight is 343 g/mol. The number of carboxylic acid groups (broad SMARTS) is 1. The molecule has 0 aromatic heterocycles. The van der Waals surface area contributed by atoms with Gasteiger partial charge in [0, 0.05) is 6.42 Å². The number of hydrogen-bond acceptors (Lipinski definition) is 4. The molecule has 0 bridgehead atoms. The van der Waals surface area contributed by atoms with Crippen LogP contribution in [0.15, 0.2) is 54.6 Å². The van der Waals surface area contributed by atoms with Crippen LogP contribution in [0, 0.1) is 0 Å². The molecule has 0 saturated heterocycles. The largest absolute Gasteiger partial charge is 0.497 e. The molecule has 0 aliphatic rings. The maximum atomic E-state index is 12.3. The molecule has 0 spiro atoms. The quantitative estimate of drug-likeness (QED) is 0.768. The Bertz CT molecular complexity index is 700. The second-order valence-corrected chi connectivity index (χ2v) is 5.52. The van der Waals surface area contributed by atoms with Crippen LogP contribution < -0.4 is 14.8 Å². The van der Waals surface area contributed by atoms with Gasteiger partial charge in [0.15, 0.2) is 6.10 Å². The molecule has 132 valence electrons. The molecule has 6 heteroatoms. The maximum Gasteiger partial charge on any atom is 0.326 e. The summed E-state index contributed by atoms with van der Waals surface area (Å²) in [6, 6.07) is 14.9. The van der Waals surface area contributed by atoms with Crippen molar-refractivity contribution in [1.29, 1.82) is 0 Å². The highest BCUT2D eigenvalue weighted by Crippen LogP contribution is 2.18. The van der Waals surface area contributed by atoms with Gasteiger partial charge >= 0.3 is 5.97 Å². The van der Waals surface area contributed by atoms with Crippen molar-refractivity contribution in [2.24, 2.45) is 0 Å². The molecule has 0 fully saturated rings. The summed E-state index contributed by atoms with van der Waals surface area (Å²) in [6.45, 7) is 1.57. The Morgan fingerprint density at radius 3 is 2.20 bits per heavy atom. The fourth-order valence-electron chi connectivity index (χ4n) is 2.25. The van der Waals surface area contributed by atoms with Crippen molar-refractivity contribution < 1.29 is 24.2 Å². The minimum atomic E-state index is -1.09. The monoisotopic (exact) mass is 343 g/mol. The van der Waals surface area contributed by atoms with E-state index >= 15 is 0 Å². The van der Waals surface area contributed by atoms with Crippen molar-refractivity contribution >= 4 is 11.9 Å². The van der Waals surface area contributed by atoms with Crippen molar-refractivity contribution in [2.45, 2.75) is 25.5 Å². The summed E-state index contributed by atoms with van der Waals surface area (Å²) in [5.41, 5.74) is 0.832. The zero-order chi connectivity index (χ0) is 18.2. The fraction of sp³-hybridized carbons (Fsp3) is 0.263. The van der Waals surface area contributed by atoms with Crippen molar-refractivity contribution in [2.75, 3.05) is 7.11 Å². The van der Waals surface area contributed by atoms with E-state index in [-0.39, 0.29) is 6.42 Å². The van der Waals surface area contributed by atoms with Crippen LogP contribution in [-0.4, -0.2) is 36.2 Å². The van der Waals surface area contributed by atoms with Gasteiger partial charge in [0.2, 0.25) is 0 Å². The Kier molecular flexibility index (Phi) is 6.39. The highest BCUT2D eigenvalue weighted by Gasteiger charge is 2.24. The Balaban J connectivity index is 1.95. The standard InChI is InChI=1S/C19H21NO5/c1-13(25-16-10-8-15(24-2)9-11-16)18(21)20-17(19(22)23)12-14-6-4-3-5-7-14/h3-11,13,17H,12H2,1-2H3,(H,20,21)(H,22,23)/t13?,17-/m1/s1. The van der Waals surface area contributed by atoms with E-state index in [9.17, 15) is 14.7 Å². The van der Waals surface area contributed by atoms with Gasteiger partial charge in [-0.3, -0.25) is 4.79 Å². The molecule has 6 nitrogen and oxygen atoms in total. The summed E-state index contributed by atoms with van der Waals surface area (Å²) >= 11 is 0. The van der Waals surface area contributed by atoms with Crippen LogP contribution in [0.25, 0.3) is 0 Å². The lowest BCUT2D eigenvalue weighted by molar-refractivity contribution is -0.142. The van der Waals surface area contributed by atoms with Gasteiger partial charge in [-0.2, -0.15) is 0 Å². The third-order valence-corrected chi connectivity index (χ3v) is 3.64. The van der Waals surface area contributed by atoms with E-state index in [4.69, 9.17) is 9.47 Å². The van der Waals surface area contributed by atoms with Crippen LogP contribution in [0.2, 0.25) is 0 Å². The van der Waals surface area contributed by atoms with Crippen LogP contribution in [0.5, 0.6) is 11.5 Å². The third kappa shape index (κ3) is 5.53. The van der Waals surface area contributed by atoms with E-state index in [1.807, 2.05) is 30.3 Å². The normalized spacial score (nSPS) is 12.7. The average Bonchev–Trinajstić information content (AvgIpc) is 2.62. The summed E-state index contributed by atoms with van der Waals surface area (Å²) < 4.78 is 10.6. The summed E-state index contributed by atoms with van der Waals surface area (Å²) in [5, 5.41) is 11.9. The molecule has 2 aromatic carbocycles. The van der Waals surface area contributed by atoms with Crippen molar-refractivity contribution in [3.05, 3.63) is 60.2 Å². The molecule has 0 saturated carbocycles. The molecule has 0 aliphatic carbocycles. The van der Waals surface area contributed by atoms with Gasteiger partial charge in [-0.15, -0.1) is 0 Å². The molecular weight excluding hydrogens is 322 g/mol. The molecule has 2 aromatic rings. The lowest BCUT2D eigenvalue weighted by Gasteiger charge is -2.19. The van der Waals surface area contributed by atoms with E-state index in [1.165, 1.54) is 0 Å². The van der Waals surface area contributed by atoms with Gasteiger partial charge in [0.25, 0.3) is 5.91 Å². The molecule has 0 aliphatic heterocycles.